The van der Waals surface area contributed by atoms with E-state index in [1.54, 1.807) is 20.9 Å². The number of likely N-dealkylation sites (N-methyl/N-ethyl adjacent to an activating group) is 1. The molecule has 0 atom stereocenters. The van der Waals surface area contributed by atoms with E-state index in [1.807, 2.05) is 13.8 Å². The van der Waals surface area contributed by atoms with Gasteiger partial charge in [-0.2, -0.15) is 4.31 Å². The van der Waals surface area contributed by atoms with Gasteiger partial charge in [-0.3, -0.25) is 0 Å². The van der Waals surface area contributed by atoms with Crippen LogP contribution in [0.1, 0.15) is 27.7 Å². The number of nitrogens with two attached hydrogens (primary N) is 1. The van der Waals surface area contributed by atoms with E-state index in [2.05, 4.69) is 0 Å². The van der Waals surface area contributed by atoms with Crippen molar-refractivity contribution in [1.82, 2.24) is 4.31 Å². The van der Waals surface area contributed by atoms with Crippen molar-refractivity contribution in [2.24, 2.45) is 5.73 Å². The molecule has 0 spiro atoms. The average molecular weight is 252 g/mol. The van der Waals surface area contributed by atoms with Gasteiger partial charge in [0.15, 0.2) is 0 Å². The highest BCUT2D eigenvalue weighted by Gasteiger charge is 2.31. The van der Waals surface area contributed by atoms with E-state index >= 15 is 0 Å². The molecule has 0 heterocycles. The van der Waals surface area contributed by atoms with Crippen LogP contribution >= 0.6 is 0 Å². The lowest BCUT2D eigenvalue weighted by molar-refractivity contribution is 0.0903. The minimum Gasteiger partial charge on any atom is -0.378 e. The predicted molar refractivity (Wildman–Crippen MR) is 65.8 cm³/mol. The summed E-state index contributed by atoms with van der Waals surface area (Å²) in [6.45, 7) is 7.85. The van der Waals surface area contributed by atoms with Crippen LogP contribution in [-0.4, -0.2) is 50.3 Å². The SMILES string of the molecule is CC(C)OCCS(=O)(=O)N(C)C(C)(C)CN. The Balaban J connectivity index is 4.44. The third kappa shape index (κ3) is 4.78. The quantitative estimate of drug-likeness (QED) is 0.712. The molecule has 98 valence electrons. The summed E-state index contributed by atoms with van der Waals surface area (Å²) in [5.41, 5.74) is 4.98. The van der Waals surface area contributed by atoms with Gasteiger partial charge in [-0.1, -0.05) is 0 Å². The van der Waals surface area contributed by atoms with Crippen molar-refractivity contribution in [3.8, 4) is 0 Å². The average Bonchev–Trinajstić information content (AvgIpc) is 2.15. The topological polar surface area (TPSA) is 72.6 Å². The van der Waals surface area contributed by atoms with Gasteiger partial charge in [-0.25, -0.2) is 8.42 Å². The van der Waals surface area contributed by atoms with Crippen molar-refractivity contribution in [3.63, 3.8) is 0 Å². The Morgan fingerprint density at radius 2 is 1.88 bits per heavy atom. The summed E-state index contributed by atoms with van der Waals surface area (Å²) < 4.78 is 30.4. The predicted octanol–water partition coefficient (Wildman–Crippen LogP) is 0.410. The molecule has 0 fully saturated rings. The Morgan fingerprint density at radius 1 is 1.38 bits per heavy atom. The maximum atomic E-state index is 11.9. The van der Waals surface area contributed by atoms with Crippen LogP contribution in [0.2, 0.25) is 0 Å². The monoisotopic (exact) mass is 252 g/mol. The molecule has 0 rings (SSSR count). The van der Waals surface area contributed by atoms with Crippen LogP contribution < -0.4 is 5.73 Å². The molecular formula is C10H24N2O3S. The second-order valence-corrected chi connectivity index (χ2v) is 6.84. The van der Waals surface area contributed by atoms with Gasteiger partial charge in [-0.15, -0.1) is 0 Å². The number of ether oxygens (including phenoxy) is 1. The van der Waals surface area contributed by atoms with Crippen LogP contribution in [0.5, 0.6) is 0 Å². The van der Waals surface area contributed by atoms with Crippen molar-refractivity contribution in [3.05, 3.63) is 0 Å². The maximum Gasteiger partial charge on any atom is 0.216 e. The van der Waals surface area contributed by atoms with E-state index in [-0.39, 0.29) is 25.0 Å². The summed E-state index contributed by atoms with van der Waals surface area (Å²) in [6, 6.07) is 0. The molecule has 0 aliphatic carbocycles. The Morgan fingerprint density at radius 3 is 2.25 bits per heavy atom. The summed E-state index contributed by atoms with van der Waals surface area (Å²) in [4.78, 5) is 0. The third-order valence-corrected chi connectivity index (χ3v) is 4.57. The first-order valence-corrected chi connectivity index (χ1v) is 7.03. The molecule has 16 heavy (non-hydrogen) atoms. The number of hydrogen-bond acceptors (Lipinski definition) is 4. The molecule has 0 unspecified atom stereocenters. The van der Waals surface area contributed by atoms with Crippen molar-refractivity contribution in [1.29, 1.82) is 0 Å². The molecule has 0 aromatic carbocycles. The summed E-state index contributed by atoms with van der Waals surface area (Å²) >= 11 is 0. The normalized spacial score (nSPS) is 13.8. The van der Waals surface area contributed by atoms with E-state index in [0.29, 0.717) is 0 Å². The molecule has 2 N–H and O–H groups in total. The van der Waals surface area contributed by atoms with Gasteiger partial charge >= 0.3 is 0 Å². The Labute approximate surface area is 99.0 Å². The van der Waals surface area contributed by atoms with Crippen LogP contribution in [0.25, 0.3) is 0 Å². The molecule has 0 aromatic rings. The lowest BCUT2D eigenvalue weighted by Gasteiger charge is -2.33. The van der Waals surface area contributed by atoms with Crippen molar-refractivity contribution >= 4 is 10.0 Å². The first-order valence-electron chi connectivity index (χ1n) is 5.42. The van der Waals surface area contributed by atoms with Crippen LogP contribution in [0.15, 0.2) is 0 Å². The fourth-order valence-electron chi connectivity index (χ4n) is 1.03. The zero-order chi connectivity index (χ0) is 13.0. The van der Waals surface area contributed by atoms with E-state index in [1.165, 1.54) is 4.31 Å². The Bertz CT molecular complexity index is 299. The standard InChI is InChI=1S/C10H24N2O3S/c1-9(2)15-6-7-16(13,14)12(5)10(3,4)8-11/h9H,6-8,11H2,1-5H3. The van der Waals surface area contributed by atoms with E-state index in [9.17, 15) is 8.42 Å². The zero-order valence-electron chi connectivity index (χ0n) is 10.9. The highest BCUT2D eigenvalue weighted by molar-refractivity contribution is 7.89. The lowest BCUT2D eigenvalue weighted by Crippen LogP contribution is -2.51. The fraction of sp³-hybridized carbons (Fsp3) is 1.00. The molecular weight excluding hydrogens is 228 g/mol. The van der Waals surface area contributed by atoms with Gasteiger partial charge < -0.3 is 10.5 Å². The largest absolute Gasteiger partial charge is 0.378 e. The van der Waals surface area contributed by atoms with Crippen LogP contribution in [0.4, 0.5) is 0 Å². The fourth-order valence-corrected chi connectivity index (χ4v) is 2.44. The van der Waals surface area contributed by atoms with Gasteiger partial charge in [-0.05, 0) is 27.7 Å². The minimum atomic E-state index is -3.30. The van der Waals surface area contributed by atoms with Crippen LogP contribution in [-0.2, 0) is 14.8 Å². The second kappa shape index (κ2) is 5.95. The Kier molecular flexibility index (Phi) is 5.89. The molecule has 5 nitrogen and oxygen atoms in total. The van der Waals surface area contributed by atoms with Crippen molar-refractivity contribution in [2.45, 2.75) is 39.3 Å². The molecule has 6 heteroatoms. The molecule has 0 aliphatic rings. The van der Waals surface area contributed by atoms with E-state index in [0.717, 1.165) is 0 Å². The van der Waals surface area contributed by atoms with Gasteiger partial charge in [0, 0.05) is 19.1 Å². The molecule has 0 amide bonds. The second-order valence-electron chi connectivity index (χ2n) is 4.72. The number of hydrogen-bond donors (Lipinski definition) is 1. The molecule has 0 radical (unpaired) electrons. The third-order valence-electron chi connectivity index (χ3n) is 2.56. The van der Waals surface area contributed by atoms with Gasteiger partial charge in [0.05, 0.1) is 18.5 Å². The highest BCUT2D eigenvalue weighted by atomic mass is 32.2. The van der Waals surface area contributed by atoms with Crippen molar-refractivity contribution in [2.75, 3.05) is 26.0 Å². The number of rotatable bonds is 7. The minimum absolute atomic E-state index is 0.00882. The van der Waals surface area contributed by atoms with Crippen LogP contribution in [0.3, 0.4) is 0 Å². The lowest BCUT2D eigenvalue weighted by atomic mass is 10.1. The smallest absolute Gasteiger partial charge is 0.216 e. The molecule has 0 saturated carbocycles. The van der Waals surface area contributed by atoms with E-state index in [4.69, 9.17) is 10.5 Å². The van der Waals surface area contributed by atoms with Gasteiger partial charge in [0.2, 0.25) is 10.0 Å². The first kappa shape index (κ1) is 15.8. The number of nitrogens with zero attached hydrogens (tertiary/aromatic N) is 1. The number of sulfonamides is 1. The summed E-state index contributed by atoms with van der Waals surface area (Å²) in [6.07, 6.45) is 0.0445. The maximum absolute atomic E-state index is 11.9. The van der Waals surface area contributed by atoms with Gasteiger partial charge in [0.25, 0.3) is 0 Å². The molecule has 0 aliphatic heterocycles. The van der Waals surface area contributed by atoms with Crippen molar-refractivity contribution < 1.29 is 13.2 Å². The Hall–Kier alpha value is -0.170. The summed E-state index contributed by atoms with van der Waals surface area (Å²) in [5, 5.41) is 0. The summed E-state index contributed by atoms with van der Waals surface area (Å²) in [7, 11) is -1.74. The zero-order valence-corrected chi connectivity index (χ0v) is 11.7. The molecule has 0 bridgehead atoms. The van der Waals surface area contributed by atoms with Gasteiger partial charge in [0.1, 0.15) is 0 Å². The first-order chi connectivity index (χ1) is 7.13. The molecule has 0 saturated heterocycles. The summed E-state index contributed by atoms with van der Waals surface area (Å²) in [5.74, 6) is -0.00882. The van der Waals surface area contributed by atoms with Crippen LogP contribution in [0, 0.1) is 0 Å². The van der Waals surface area contributed by atoms with E-state index < -0.39 is 15.6 Å². The molecule has 0 aromatic heterocycles. The highest BCUT2D eigenvalue weighted by Crippen LogP contribution is 2.15.